The van der Waals surface area contributed by atoms with E-state index in [4.69, 9.17) is 10.5 Å². The summed E-state index contributed by atoms with van der Waals surface area (Å²) in [6.45, 7) is 2.05. The first-order valence-corrected chi connectivity index (χ1v) is 5.61. The topological polar surface area (TPSA) is 72.5 Å². The predicted octanol–water partition coefficient (Wildman–Crippen LogP) is 2.00. The number of hydrogen-bond donors (Lipinski definition) is 2. The maximum Gasteiger partial charge on any atom is 0.169 e. The number of nitrogens with two attached hydrogens (primary N) is 1. The Hall–Kier alpha value is -1.07. The van der Waals surface area contributed by atoms with Crippen LogP contribution in [0.4, 0.5) is 0 Å². The average molecular weight is 288 g/mol. The fraction of sp³-hybridized carbons (Fsp3) is 0.364. The van der Waals surface area contributed by atoms with Crippen molar-refractivity contribution >= 4 is 21.7 Å². The van der Waals surface area contributed by atoms with Gasteiger partial charge in [0.25, 0.3) is 0 Å². The number of halogens is 1. The predicted molar refractivity (Wildman–Crippen MR) is 65.1 cm³/mol. The third-order valence-electron chi connectivity index (χ3n) is 2.32. The van der Waals surface area contributed by atoms with E-state index >= 15 is 0 Å². The van der Waals surface area contributed by atoms with Crippen molar-refractivity contribution in [1.29, 1.82) is 0 Å². The van der Waals surface area contributed by atoms with Crippen LogP contribution in [0.5, 0.6) is 11.5 Å². The zero-order valence-corrected chi connectivity index (χ0v) is 10.8. The highest BCUT2D eigenvalue weighted by Crippen LogP contribution is 2.38. The van der Waals surface area contributed by atoms with E-state index in [9.17, 15) is 9.90 Å². The molecule has 5 heteroatoms. The Balaban J connectivity index is 3.31. The Labute approximate surface area is 103 Å². The molecule has 0 aliphatic rings. The van der Waals surface area contributed by atoms with Crippen LogP contribution < -0.4 is 10.5 Å². The van der Waals surface area contributed by atoms with Crippen LogP contribution in [0.15, 0.2) is 10.5 Å². The van der Waals surface area contributed by atoms with Crippen LogP contribution in [-0.2, 0) is 0 Å². The van der Waals surface area contributed by atoms with Gasteiger partial charge >= 0.3 is 0 Å². The molecule has 1 aromatic carbocycles. The van der Waals surface area contributed by atoms with Gasteiger partial charge in [0.15, 0.2) is 17.3 Å². The number of carbonyl (C=O) groups is 1. The van der Waals surface area contributed by atoms with Crippen LogP contribution in [-0.4, -0.2) is 24.5 Å². The Morgan fingerprint density at radius 3 is 2.75 bits per heavy atom. The molecule has 4 nitrogen and oxygen atoms in total. The number of hydrogen-bond acceptors (Lipinski definition) is 4. The van der Waals surface area contributed by atoms with Crippen molar-refractivity contribution in [3.8, 4) is 11.5 Å². The zero-order chi connectivity index (χ0) is 12.3. The monoisotopic (exact) mass is 287 g/mol. The van der Waals surface area contributed by atoms with Gasteiger partial charge in [-0.05, 0) is 19.5 Å². The molecule has 0 heterocycles. The minimum Gasteiger partial charge on any atom is -0.504 e. The average Bonchev–Trinajstić information content (AvgIpc) is 2.24. The Kier molecular flexibility index (Phi) is 4.32. The molecule has 1 rings (SSSR count). The van der Waals surface area contributed by atoms with Crippen molar-refractivity contribution in [3.05, 3.63) is 21.7 Å². The Bertz CT molecular complexity index is 418. The van der Waals surface area contributed by atoms with Crippen molar-refractivity contribution in [1.82, 2.24) is 0 Å². The number of ketones is 1. The van der Waals surface area contributed by atoms with E-state index < -0.39 is 0 Å². The summed E-state index contributed by atoms with van der Waals surface area (Å²) in [4.78, 5) is 11.7. The van der Waals surface area contributed by atoms with Gasteiger partial charge < -0.3 is 15.6 Å². The summed E-state index contributed by atoms with van der Waals surface area (Å²) in [5, 5.41) is 9.88. The second-order valence-corrected chi connectivity index (χ2v) is 4.23. The van der Waals surface area contributed by atoms with Gasteiger partial charge in [-0.25, -0.2) is 0 Å². The quantitative estimate of drug-likeness (QED) is 0.831. The van der Waals surface area contributed by atoms with Crippen molar-refractivity contribution in [3.63, 3.8) is 0 Å². The Morgan fingerprint density at radius 1 is 1.62 bits per heavy atom. The number of rotatable bonds is 4. The summed E-state index contributed by atoms with van der Waals surface area (Å²) >= 11 is 3.32. The van der Waals surface area contributed by atoms with Crippen LogP contribution in [0.25, 0.3) is 0 Å². The van der Waals surface area contributed by atoms with E-state index in [2.05, 4.69) is 15.9 Å². The van der Waals surface area contributed by atoms with Gasteiger partial charge in [0, 0.05) is 16.5 Å². The first kappa shape index (κ1) is 13.0. The van der Waals surface area contributed by atoms with Crippen LogP contribution in [0.2, 0.25) is 0 Å². The third kappa shape index (κ3) is 2.36. The van der Waals surface area contributed by atoms with Crippen LogP contribution in [0.3, 0.4) is 0 Å². The van der Waals surface area contributed by atoms with E-state index in [0.29, 0.717) is 5.75 Å². The second kappa shape index (κ2) is 5.32. The maximum atomic E-state index is 11.7. The molecule has 0 amide bonds. The summed E-state index contributed by atoms with van der Waals surface area (Å²) in [7, 11) is 1.45. The largest absolute Gasteiger partial charge is 0.504 e. The van der Waals surface area contributed by atoms with Gasteiger partial charge in [-0.1, -0.05) is 15.9 Å². The normalized spacial score (nSPS) is 10.2. The van der Waals surface area contributed by atoms with E-state index in [1.54, 1.807) is 13.0 Å². The highest BCUT2D eigenvalue weighted by atomic mass is 79.9. The number of methoxy groups -OCH3 is 1. The molecule has 16 heavy (non-hydrogen) atoms. The lowest BCUT2D eigenvalue weighted by molar-refractivity contribution is 0.0982. The third-order valence-corrected chi connectivity index (χ3v) is 3.14. The molecule has 88 valence electrons. The van der Waals surface area contributed by atoms with Crippen molar-refractivity contribution in [2.75, 3.05) is 13.7 Å². The van der Waals surface area contributed by atoms with Crippen LogP contribution >= 0.6 is 15.9 Å². The molecule has 0 atom stereocenters. The fourth-order valence-corrected chi connectivity index (χ4v) is 1.85. The van der Waals surface area contributed by atoms with Gasteiger partial charge in [-0.2, -0.15) is 0 Å². The molecule has 0 bridgehead atoms. The summed E-state index contributed by atoms with van der Waals surface area (Å²) in [5.41, 5.74) is 6.30. The summed E-state index contributed by atoms with van der Waals surface area (Å²) in [6, 6.07) is 1.59. The summed E-state index contributed by atoms with van der Waals surface area (Å²) in [6.07, 6.45) is 0.201. The van der Waals surface area contributed by atoms with Crippen molar-refractivity contribution in [2.45, 2.75) is 13.3 Å². The number of Topliss-reactive ketones (excluding diaryl/α,β-unsaturated/α-hetero) is 1. The number of carbonyl (C=O) groups excluding carboxylic acids is 1. The van der Waals surface area contributed by atoms with Crippen LogP contribution in [0.1, 0.15) is 22.3 Å². The highest BCUT2D eigenvalue weighted by Gasteiger charge is 2.18. The molecule has 3 N–H and O–H groups in total. The van der Waals surface area contributed by atoms with Crippen molar-refractivity contribution in [2.24, 2.45) is 5.73 Å². The highest BCUT2D eigenvalue weighted by molar-refractivity contribution is 9.10. The lowest BCUT2D eigenvalue weighted by Crippen LogP contribution is -2.09. The van der Waals surface area contributed by atoms with Crippen LogP contribution in [0, 0.1) is 6.92 Å². The lowest BCUT2D eigenvalue weighted by Gasteiger charge is -2.12. The lowest BCUT2D eigenvalue weighted by atomic mass is 10.0. The first-order valence-electron chi connectivity index (χ1n) is 4.82. The van der Waals surface area contributed by atoms with E-state index in [-0.39, 0.29) is 30.1 Å². The number of aromatic hydroxyl groups is 1. The molecule has 0 saturated carbocycles. The number of ether oxygens (including phenoxy) is 1. The van der Waals surface area contributed by atoms with Gasteiger partial charge in [0.05, 0.1) is 12.7 Å². The standard InChI is InChI=1S/C11H14BrNO3/c1-6-8(12)5-7(9(14)3-4-13)10(15)11(6)16-2/h5,15H,3-4,13H2,1-2H3. The minimum absolute atomic E-state index is 0.123. The molecule has 0 unspecified atom stereocenters. The fourth-order valence-electron chi connectivity index (χ4n) is 1.44. The van der Waals surface area contributed by atoms with E-state index in [1.165, 1.54) is 7.11 Å². The minimum atomic E-state index is -0.195. The SMILES string of the molecule is COc1c(C)c(Br)cc(C(=O)CCN)c1O. The molecular weight excluding hydrogens is 274 g/mol. The summed E-state index contributed by atoms with van der Waals surface area (Å²) < 4.78 is 5.79. The number of phenolic OH excluding ortho intramolecular Hbond substituents is 1. The molecule has 0 aliphatic heterocycles. The van der Waals surface area contributed by atoms with Crippen molar-refractivity contribution < 1.29 is 14.6 Å². The van der Waals surface area contributed by atoms with E-state index in [1.807, 2.05) is 0 Å². The number of benzene rings is 1. The second-order valence-electron chi connectivity index (χ2n) is 3.37. The zero-order valence-electron chi connectivity index (χ0n) is 9.21. The maximum absolute atomic E-state index is 11.7. The van der Waals surface area contributed by atoms with Gasteiger partial charge in [-0.3, -0.25) is 4.79 Å². The molecule has 0 aromatic heterocycles. The van der Waals surface area contributed by atoms with Gasteiger partial charge in [0.2, 0.25) is 0 Å². The first-order chi connectivity index (χ1) is 7.52. The molecule has 0 spiro atoms. The number of phenols is 1. The van der Waals surface area contributed by atoms with Gasteiger partial charge in [0.1, 0.15) is 0 Å². The Morgan fingerprint density at radius 2 is 2.25 bits per heavy atom. The molecule has 1 aromatic rings. The molecule has 0 radical (unpaired) electrons. The molecular formula is C11H14BrNO3. The van der Waals surface area contributed by atoms with Gasteiger partial charge in [-0.15, -0.1) is 0 Å². The molecule has 0 aliphatic carbocycles. The van der Waals surface area contributed by atoms with E-state index in [0.717, 1.165) is 10.0 Å². The smallest absolute Gasteiger partial charge is 0.169 e. The molecule has 0 saturated heterocycles. The molecule has 0 fully saturated rings. The summed E-state index contributed by atoms with van der Waals surface area (Å²) in [5.74, 6) is -0.00426.